The van der Waals surface area contributed by atoms with E-state index in [1.807, 2.05) is 26.1 Å². The number of hydrogen-bond acceptors (Lipinski definition) is 2. The summed E-state index contributed by atoms with van der Waals surface area (Å²) in [5, 5.41) is 7.25. The van der Waals surface area contributed by atoms with Gasteiger partial charge >= 0.3 is 0 Å². The Morgan fingerprint density at radius 2 is 2.06 bits per heavy atom. The SMILES string of the molecule is CC(Nc1ccnn1C)c1ccccc1F. The van der Waals surface area contributed by atoms with E-state index in [9.17, 15) is 4.39 Å². The predicted octanol–water partition coefficient (Wildman–Crippen LogP) is 2.73. The van der Waals surface area contributed by atoms with Crippen LogP contribution in [-0.4, -0.2) is 9.78 Å². The highest BCUT2D eigenvalue weighted by molar-refractivity contribution is 5.38. The molecule has 1 N–H and O–H groups in total. The van der Waals surface area contributed by atoms with E-state index in [1.165, 1.54) is 6.07 Å². The van der Waals surface area contributed by atoms with Crippen LogP contribution >= 0.6 is 0 Å². The molecular weight excluding hydrogens is 205 g/mol. The standard InChI is InChI=1S/C12H14FN3/c1-9(10-5-3-4-6-11(10)13)15-12-7-8-14-16(12)2/h3-9,15H,1-2H3. The largest absolute Gasteiger partial charge is 0.364 e. The van der Waals surface area contributed by atoms with E-state index in [2.05, 4.69) is 10.4 Å². The monoisotopic (exact) mass is 219 g/mol. The van der Waals surface area contributed by atoms with E-state index in [1.54, 1.807) is 23.0 Å². The van der Waals surface area contributed by atoms with Crippen LogP contribution < -0.4 is 5.32 Å². The van der Waals surface area contributed by atoms with Crippen molar-refractivity contribution < 1.29 is 4.39 Å². The molecule has 1 aromatic carbocycles. The van der Waals surface area contributed by atoms with Crippen LogP contribution in [0, 0.1) is 5.82 Å². The summed E-state index contributed by atoms with van der Waals surface area (Å²) in [4.78, 5) is 0. The first-order valence-corrected chi connectivity index (χ1v) is 5.17. The third-order valence-corrected chi connectivity index (χ3v) is 2.56. The van der Waals surface area contributed by atoms with Crippen molar-refractivity contribution in [2.45, 2.75) is 13.0 Å². The Kier molecular flexibility index (Phi) is 2.90. The smallest absolute Gasteiger partial charge is 0.128 e. The van der Waals surface area contributed by atoms with Crippen molar-refractivity contribution in [3.63, 3.8) is 0 Å². The summed E-state index contributed by atoms with van der Waals surface area (Å²) in [6.07, 6.45) is 1.70. The highest BCUT2D eigenvalue weighted by Gasteiger charge is 2.10. The molecule has 0 aliphatic carbocycles. The molecule has 0 saturated heterocycles. The van der Waals surface area contributed by atoms with Gasteiger partial charge in [-0.1, -0.05) is 18.2 Å². The van der Waals surface area contributed by atoms with E-state index in [0.29, 0.717) is 5.56 Å². The minimum atomic E-state index is -0.190. The molecule has 0 fully saturated rings. The van der Waals surface area contributed by atoms with Gasteiger partial charge in [0.1, 0.15) is 11.6 Å². The van der Waals surface area contributed by atoms with Gasteiger partial charge in [0.15, 0.2) is 0 Å². The van der Waals surface area contributed by atoms with Gasteiger partial charge in [0.05, 0.1) is 12.2 Å². The topological polar surface area (TPSA) is 29.9 Å². The van der Waals surface area contributed by atoms with Gasteiger partial charge < -0.3 is 5.32 Å². The van der Waals surface area contributed by atoms with E-state index >= 15 is 0 Å². The van der Waals surface area contributed by atoms with E-state index < -0.39 is 0 Å². The van der Waals surface area contributed by atoms with Gasteiger partial charge in [-0.3, -0.25) is 4.68 Å². The van der Waals surface area contributed by atoms with Crippen molar-refractivity contribution in [2.75, 3.05) is 5.32 Å². The maximum absolute atomic E-state index is 13.5. The summed E-state index contributed by atoms with van der Waals surface area (Å²) in [7, 11) is 1.84. The fourth-order valence-electron chi connectivity index (χ4n) is 1.64. The van der Waals surface area contributed by atoms with Gasteiger partial charge in [-0.2, -0.15) is 5.10 Å². The van der Waals surface area contributed by atoms with Crippen LogP contribution in [0.4, 0.5) is 10.2 Å². The number of aromatic nitrogens is 2. The molecule has 0 spiro atoms. The van der Waals surface area contributed by atoms with Crippen LogP contribution in [0.1, 0.15) is 18.5 Å². The average Bonchev–Trinajstić information content (AvgIpc) is 2.65. The fraction of sp³-hybridized carbons (Fsp3) is 0.250. The normalized spacial score (nSPS) is 12.4. The third kappa shape index (κ3) is 2.05. The highest BCUT2D eigenvalue weighted by atomic mass is 19.1. The molecule has 84 valence electrons. The lowest BCUT2D eigenvalue weighted by Crippen LogP contribution is -2.11. The maximum atomic E-state index is 13.5. The second-order valence-corrected chi connectivity index (χ2v) is 3.73. The van der Waals surface area contributed by atoms with Crippen molar-refractivity contribution in [3.8, 4) is 0 Å². The van der Waals surface area contributed by atoms with Gasteiger partial charge in [-0.25, -0.2) is 4.39 Å². The predicted molar refractivity (Wildman–Crippen MR) is 61.6 cm³/mol. The lowest BCUT2D eigenvalue weighted by atomic mass is 10.1. The molecular formula is C12H14FN3. The number of nitrogens with zero attached hydrogens (tertiary/aromatic N) is 2. The summed E-state index contributed by atoms with van der Waals surface area (Å²) in [5.74, 6) is 0.681. The molecule has 0 bridgehead atoms. The molecule has 0 saturated carbocycles. The Morgan fingerprint density at radius 3 is 2.69 bits per heavy atom. The Labute approximate surface area is 93.9 Å². The number of halogens is 1. The van der Waals surface area contributed by atoms with E-state index in [-0.39, 0.29) is 11.9 Å². The summed E-state index contributed by atoms with van der Waals surface area (Å²) in [6.45, 7) is 1.92. The number of nitrogens with one attached hydrogen (secondary N) is 1. The van der Waals surface area contributed by atoms with Crippen molar-refractivity contribution >= 4 is 5.82 Å². The minimum absolute atomic E-state index is 0.0865. The Bertz CT molecular complexity index is 479. The summed E-state index contributed by atoms with van der Waals surface area (Å²) >= 11 is 0. The zero-order valence-corrected chi connectivity index (χ0v) is 9.31. The van der Waals surface area contributed by atoms with Crippen molar-refractivity contribution in [3.05, 3.63) is 47.9 Å². The number of benzene rings is 1. The van der Waals surface area contributed by atoms with Crippen molar-refractivity contribution in [1.82, 2.24) is 9.78 Å². The van der Waals surface area contributed by atoms with Gasteiger partial charge in [0, 0.05) is 18.7 Å². The fourth-order valence-corrected chi connectivity index (χ4v) is 1.64. The average molecular weight is 219 g/mol. The lowest BCUT2D eigenvalue weighted by molar-refractivity contribution is 0.599. The van der Waals surface area contributed by atoms with Crippen LogP contribution in [0.15, 0.2) is 36.5 Å². The highest BCUT2D eigenvalue weighted by Crippen LogP contribution is 2.20. The quantitative estimate of drug-likeness (QED) is 0.860. The number of rotatable bonds is 3. The van der Waals surface area contributed by atoms with Crippen LogP contribution in [0.25, 0.3) is 0 Å². The van der Waals surface area contributed by atoms with Crippen molar-refractivity contribution in [1.29, 1.82) is 0 Å². The van der Waals surface area contributed by atoms with Gasteiger partial charge in [0.25, 0.3) is 0 Å². The molecule has 16 heavy (non-hydrogen) atoms. The molecule has 0 aliphatic rings. The Balaban J connectivity index is 2.18. The van der Waals surface area contributed by atoms with Gasteiger partial charge in [-0.15, -0.1) is 0 Å². The van der Waals surface area contributed by atoms with E-state index in [4.69, 9.17) is 0 Å². The molecule has 3 nitrogen and oxygen atoms in total. The summed E-state index contributed by atoms with van der Waals surface area (Å²) in [6, 6.07) is 8.55. The first-order chi connectivity index (χ1) is 7.68. The second kappa shape index (κ2) is 4.35. The van der Waals surface area contributed by atoms with Gasteiger partial charge in [0.2, 0.25) is 0 Å². The zero-order chi connectivity index (χ0) is 11.5. The molecule has 1 aromatic heterocycles. The van der Waals surface area contributed by atoms with Crippen LogP contribution in [0.5, 0.6) is 0 Å². The number of hydrogen-bond donors (Lipinski definition) is 1. The molecule has 0 amide bonds. The zero-order valence-electron chi connectivity index (χ0n) is 9.31. The minimum Gasteiger partial charge on any atom is -0.364 e. The van der Waals surface area contributed by atoms with Crippen LogP contribution in [0.2, 0.25) is 0 Å². The third-order valence-electron chi connectivity index (χ3n) is 2.56. The Hall–Kier alpha value is -1.84. The molecule has 1 atom stereocenters. The first-order valence-electron chi connectivity index (χ1n) is 5.17. The molecule has 0 radical (unpaired) electrons. The molecule has 4 heteroatoms. The van der Waals surface area contributed by atoms with Gasteiger partial charge in [-0.05, 0) is 13.0 Å². The van der Waals surface area contributed by atoms with Crippen molar-refractivity contribution in [2.24, 2.45) is 7.05 Å². The lowest BCUT2D eigenvalue weighted by Gasteiger charge is -2.16. The Morgan fingerprint density at radius 1 is 1.31 bits per heavy atom. The van der Waals surface area contributed by atoms with Crippen LogP contribution in [-0.2, 0) is 7.05 Å². The van der Waals surface area contributed by atoms with E-state index in [0.717, 1.165) is 5.82 Å². The summed E-state index contributed by atoms with van der Waals surface area (Å²) in [5.41, 5.74) is 0.656. The number of aryl methyl sites for hydroxylation is 1. The molecule has 0 aliphatic heterocycles. The number of anilines is 1. The molecule has 1 heterocycles. The maximum Gasteiger partial charge on any atom is 0.128 e. The van der Waals surface area contributed by atoms with Crippen LogP contribution in [0.3, 0.4) is 0 Å². The molecule has 2 rings (SSSR count). The first kappa shape index (κ1) is 10.7. The second-order valence-electron chi connectivity index (χ2n) is 3.73. The molecule has 1 unspecified atom stereocenters. The molecule has 2 aromatic rings. The summed E-state index contributed by atoms with van der Waals surface area (Å²) < 4.78 is 15.2.